The van der Waals surface area contributed by atoms with Crippen molar-refractivity contribution in [1.29, 1.82) is 0 Å². The van der Waals surface area contributed by atoms with E-state index in [4.69, 9.17) is 0 Å². The lowest BCUT2D eigenvalue weighted by molar-refractivity contribution is -0.142. The maximum atomic E-state index is 12.3. The first-order chi connectivity index (χ1) is 6.48. The molecule has 73 valence electrons. The Balaban J connectivity index is 2.87. The second-order valence-corrected chi connectivity index (χ2v) is 3.12. The van der Waals surface area contributed by atoms with Gasteiger partial charge in [-0.3, -0.25) is 4.79 Å². The van der Waals surface area contributed by atoms with Crippen LogP contribution in [0.3, 0.4) is 0 Å². The second-order valence-electron chi connectivity index (χ2n) is 2.37. The lowest BCUT2D eigenvalue weighted by Gasteiger charge is -2.06. The van der Waals surface area contributed by atoms with Gasteiger partial charge in [0.05, 0.1) is 0 Å². The van der Waals surface area contributed by atoms with E-state index in [0.717, 1.165) is 11.3 Å². The van der Waals surface area contributed by atoms with Crippen molar-refractivity contribution in [3.63, 3.8) is 0 Å². The normalized spacial score (nSPS) is 12.2. The minimum atomic E-state index is -4.62. The minimum absolute atomic E-state index is 0.121. The van der Waals surface area contributed by atoms with E-state index >= 15 is 0 Å². The van der Waals surface area contributed by atoms with Gasteiger partial charge in [-0.15, -0.1) is 0 Å². The lowest BCUT2D eigenvalue weighted by atomic mass is 10.4. The zero-order valence-electron chi connectivity index (χ0n) is 6.37. The summed E-state index contributed by atoms with van der Waals surface area (Å²) in [5.41, 5.74) is 0.161. The third kappa shape index (κ3) is 1.37. The van der Waals surface area contributed by atoms with Gasteiger partial charge >= 0.3 is 6.18 Å². The van der Waals surface area contributed by atoms with Crippen molar-refractivity contribution in [1.82, 2.24) is 14.6 Å². The van der Waals surface area contributed by atoms with Gasteiger partial charge in [-0.2, -0.15) is 27.8 Å². The molecule has 0 fully saturated rings. The van der Waals surface area contributed by atoms with Crippen LogP contribution >= 0.6 is 11.3 Å². The van der Waals surface area contributed by atoms with Crippen LogP contribution in [0.25, 0.3) is 4.96 Å². The fraction of sp³-hybridized carbons (Fsp3) is 0.167. The number of hydrogen-bond donors (Lipinski definition) is 0. The highest BCUT2D eigenvalue weighted by atomic mass is 32.1. The standard InChI is InChI=1S/C6HF3N3OS/c7-6(8,9)3-1-4(13)11-5-12(3)10-2-14-5/h1H. The molecular formula is C6HF3N3OS. The molecule has 0 aliphatic heterocycles. The first-order valence-electron chi connectivity index (χ1n) is 3.32. The molecule has 2 aromatic heterocycles. The molecule has 0 aromatic carbocycles. The topological polar surface area (TPSA) is 47.3 Å². The number of hydrogen-bond acceptors (Lipinski definition) is 4. The summed E-state index contributed by atoms with van der Waals surface area (Å²) in [6.45, 7) is 0. The van der Waals surface area contributed by atoms with E-state index in [2.05, 4.69) is 15.6 Å². The van der Waals surface area contributed by atoms with E-state index in [9.17, 15) is 18.0 Å². The molecule has 2 rings (SSSR count). The molecule has 0 amide bonds. The van der Waals surface area contributed by atoms with Gasteiger partial charge in [0.1, 0.15) is 0 Å². The third-order valence-corrected chi connectivity index (χ3v) is 2.06. The molecule has 0 spiro atoms. The molecule has 1 radical (unpaired) electrons. The van der Waals surface area contributed by atoms with Gasteiger partial charge < -0.3 is 0 Å². The first kappa shape index (κ1) is 9.13. The molecule has 0 aliphatic rings. The predicted molar refractivity (Wildman–Crippen MR) is 41.0 cm³/mol. The average molecular weight is 220 g/mol. The zero-order valence-corrected chi connectivity index (χ0v) is 7.19. The Morgan fingerprint density at radius 3 is 2.86 bits per heavy atom. The molecule has 0 unspecified atom stereocenters. The highest BCUT2D eigenvalue weighted by Gasteiger charge is 2.35. The van der Waals surface area contributed by atoms with Crippen LogP contribution in [0.1, 0.15) is 5.69 Å². The SMILES string of the molecule is O=c1cc(C(F)(F)F)n2n[c]sc2n1. The Kier molecular flexibility index (Phi) is 1.81. The van der Waals surface area contributed by atoms with Crippen LogP contribution in [0.15, 0.2) is 10.9 Å². The molecule has 0 saturated heterocycles. The summed E-state index contributed by atoms with van der Waals surface area (Å²) in [4.78, 5) is 14.0. The van der Waals surface area contributed by atoms with E-state index in [1.807, 2.05) is 0 Å². The van der Waals surface area contributed by atoms with Gasteiger partial charge in [0.2, 0.25) is 4.96 Å². The summed E-state index contributed by atoms with van der Waals surface area (Å²) < 4.78 is 37.6. The summed E-state index contributed by atoms with van der Waals surface area (Å²) in [6, 6.07) is 0.403. The minimum Gasteiger partial charge on any atom is -0.267 e. The zero-order chi connectivity index (χ0) is 10.3. The average Bonchev–Trinajstić information content (AvgIpc) is 2.47. The van der Waals surface area contributed by atoms with Crippen molar-refractivity contribution in [3.05, 3.63) is 27.6 Å². The van der Waals surface area contributed by atoms with E-state index in [1.54, 1.807) is 0 Å². The fourth-order valence-electron chi connectivity index (χ4n) is 0.922. The fourth-order valence-corrected chi connectivity index (χ4v) is 1.49. The van der Waals surface area contributed by atoms with Crippen LogP contribution < -0.4 is 5.56 Å². The molecule has 2 aromatic rings. The third-order valence-electron chi connectivity index (χ3n) is 1.44. The maximum absolute atomic E-state index is 12.3. The van der Waals surface area contributed by atoms with Crippen LogP contribution in [0.2, 0.25) is 0 Å². The van der Waals surface area contributed by atoms with E-state index in [-0.39, 0.29) is 4.96 Å². The molecule has 0 bridgehead atoms. The molecule has 0 N–H and O–H groups in total. The Morgan fingerprint density at radius 2 is 2.21 bits per heavy atom. The van der Waals surface area contributed by atoms with Crippen molar-refractivity contribution in [3.8, 4) is 0 Å². The maximum Gasteiger partial charge on any atom is 0.433 e. The first-order valence-corrected chi connectivity index (χ1v) is 4.14. The van der Waals surface area contributed by atoms with Gasteiger partial charge in [-0.1, -0.05) is 11.3 Å². The van der Waals surface area contributed by atoms with Crippen molar-refractivity contribution < 1.29 is 13.2 Å². The van der Waals surface area contributed by atoms with Gasteiger partial charge in [0.15, 0.2) is 11.2 Å². The van der Waals surface area contributed by atoms with Gasteiger partial charge in [-0.25, -0.2) is 0 Å². The van der Waals surface area contributed by atoms with Crippen molar-refractivity contribution in [2.24, 2.45) is 0 Å². The Hall–Kier alpha value is -1.44. The van der Waals surface area contributed by atoms with E-state index in [1.165, 1.54) is 0 Å². The number of nitrogens with zero attached hydrogens (tertiary/aromatic N) is 3. The number of alkyl halides is 3. The van der Waals surface area contributed by atoms with Crippen LogP contribution in [0, 0.1) is 5.51 Å². The summed E-state index contributed by atoms with van der Waals surface area (Å²) >= 11 is 0.747. The van der Waals surface area contributed by atoms with Gasteiger partial charge in [0, 0.05) is 6.07 Å². The predicted octanol–water partition coefficient (Wildman–Crippen LogP) is 0.970. The summed E-state index contributed by atoms with van der Waals surface area (Å²) in [6.07, 6.45) is -4.62. The quantitative estimate of drug-likeness (QED) is 0.664. The number of rotatable bonds is 0. The van der Waals surface area contributed by atoms with E-state index < -0.39 is 17.4 Å². The van der Waals surface area contributed by atoms with Crippen LogP contribution in [0.5, 0.6) is 0 Å². The highest BCUT2D eigenvalue weighted by molar-refractivity contribution is 7.14. The molecule has 8 heteroatoms. The monoisotopic (exact) mass is 220 g/mol. The molecule has 14 heavy (non-hydrogen) atoms. The lowest BCUT2D eigenvalue weighted by Crippen LogP contribution is -2.18. The summed E-state index contributed by atoms with van der Waals surface area (Å²) in [5, 5.41) is 3.32. The number of halogens is 3. The van der Waals surface area contributed by atoms with Gasteiger partial charge in [-0.05, 0) is 0 Å². The second kappa shape index (κ2) is 2.77. The van der Waals surface area contributed by atoms with Crippen LogP contribution in [-0.4, -0.2) is 14.6 Å². The Morgan fingerprint density at radius 1 is 1.50 bits per heavy atom. The molecular weight excluding hydrogens is 219 g/mol. The molecule has 0 saturated carbocycles. The van der Waals surface area contributed by atoms with E-state index in [0.29, 0.717) is 10.6 Å². The molecule has 0 atom stereocenters. The summed E-state index contributed by atoms with van der Waals surface area (Å²) in [7, 11) is 0. The number of aromatic nitrogens is 3. The molecule has 0 aliphatic carbocycles. The number of fused-ring (bicyclic) bond motifs is 1. The van der Waals surface area contributed by atoms with Crippen LogP contribution in [0.4, 0.5) is 13.2 Å². The van der Waals surface area contributed by atoms with Gasteiger partial charge in [0.25, 0.3) is 5.56 Å². The van der Waals surface area contributed by atoms with Crippen molar-refractivity contribution >= 4 is 16.3 Å². The largest absolute Gasteiger partial charge is 0.433 e. The van der Waals surface area contributed by atoms with Crippen LogP contribution in [-0.2, 0) is 6.18 Å². The van der Waals surface area contributed by atoms with Crippen molar-refractivity contribution in [2.75, 3.05) is 0 Å². The Labute approximate surface area is 78.6 Å². The molecule has 4 nitrogen and oxygen atoms in total. The van der Waals surface area contributed by atoms with Crippen molar-refractivity contribution in [2.45, 2.75) is 6.18 Å². The Bertz CT molecular complexity index is 529. The smallest absolute Gasteiger partial charge is 0.267 e. The highest BCUT2D eigenvalue weighted by Crippen LogP contribution is 2.28. The molecule has 2 heterocycles. The summed E-state index contributed by atoms with van der Waals surface area (Å²) in [5.74, 6) is 0.